The van der Waals surface area contributed by atoms with E-state index in [1.807, 2.05) is 4.90 Å². The van der Waals surface area contributed by atoms with E-state index in [1.54, 1.807) is 0 Å². The minimum absolute atomic E-state index is 0.230. The maximum atomic E-state index is 12.7. The first-order valence-corrected chi connectivity index (χ1v) is 11.0. The number of piperidine rings is 1. The fourth-order valence-corrected chi connectivity index (χ4v) is 4.87. The molecule has 0 aromatic carbocycles. The molecule has 3 heterocycles. The van der Waals surface area contributed by atoms with Crippen molar-refractivity contribution in [2.45, 2.75) is 57.5 Å². The highest BCUT2D eigenvalue weighted by molar-refractivity contribution is 5.76. The standard InChI is InChI=1S/C21H34N4O3/c26-20(15-24-11-13-28-14-12-24)16-7-9-25(10-8-16)21(27)6-5-19-17-3-1-2-4-18(17)22-23-19/h16,20,26H,1-15H2,(H,22,23). The minimum atomic E-state index is -0.300. The number of hydrogen-bond acceptors (Lipinski definition) is 5. The number of aromatic nitrogens is 2. The summed E-state index contributed by atoms with van der Waals surface area (Å²) in [6, 6.07) is 0. The van der Waals surface area contributed by atoms with Gasteiger partial charge in [0.1, 0.15) is 0 Å². The van der Waals surface area contributed by atoms with Crippen LogP contribution in [0.25, 0.3) is 0 Å². The molecule has 7 heteroatoms. The van der Waals surface area contributed by atoms with E-state index in [0.717, 1.165) is 83.7 Å². The van der Waals surface area contributed by atoms with Crippen LogP contribution in [0.2, 0.25) is 0 Å². The highest BCUT2D eigenvalue weighted by Gasteiger charge is 2.29. The molecule has 7 nitrogen and oxygen atoms in total. The number of nitrogens with zero attached hydrogens (tertiary/aromatic N) is 3. The number of ether oxygens (including phenoxy) is 1. The van der Waals surface area contributed by atoms with Gasteiger partial charge in [-0.1, -0.05) is 0 Å². The van der Waals surface area contributed by atoms with Crippen molar-refractivity contribution >= 4 is 5.91 Å². The third-order valence-electron chi connectivity index (χ3n) is 6.70. The molecule has 1 atom stereocenters. The van der Waals surface area contributed by atoms with Crippen molar-refractivity contribution < 1.29 is 14.6 Å². The van der Waals surface area contributed by atoms with Crippen LogP contribution in [0.15, 0.2) is 0 Å². The quantitative estimate of drug-likeness (QED) is 0.762. The highest BCUT2D eigenvalue weighted by Crippen LogP contribution is 2.25. The van der Waals surface area contributed by atoms with Crippen LogP contribution in [0.4, 0.5) is 0 Å². The van der Waals surface area contributed by atoms with Crippen molar-refractivity contribution in [3.8, 4) is 0 Å². The van der Waals surface area contributed by atoms with Crippen molar-refractivity contribution in [2.75, 3.05) is 45.9 Å². The lowest BCUT2D eigenvalue weighted by atomic mass is 9.90. The van der Waals surface area contributed by atoms with Crippen LogP contribution < -0.4 is 0 Å². The summed E-state index contributed by atoms with van der Waals surface area (Å²) < 4.78 is 5.37. The van der Waals surface area contributed by atoms with E-state index in [4.69, 9.17) is 4.74 Å². The first kappa shape index (κ1) is 19.9. The molecule has 0 saturated carbocycles. The summed E-state index contributed by atoms with van der Waals surface area (Å²) in [6.07, 6.45) is 7.43. The SMILES string of the molecule is O=C(CCc1n[nH]c2c1CCCC2)N1CCC(C(O)CN2CCOCC2)CC1. The largest absolute Gasteiger partial charge is 0.392 e. The van der Waals surface area contributed by atoms with E-state index < -0.39 is 0 Å². The predicted octanol–water partition coefficient (Wildman–Crippen LogP) is 1.15. The van der Waals surface area contributed by atoms with Gasteiger partial charge in [0.2, 0.25) is 5.91 Å². The second kappa shape index (κ2) is 9.37. The number of morpholine rings is 1. The Morgan fingerprint density at radius 3 is 2.71 bits per heavy atom. The Kier molecular flexibility index (Phi) is 6.65. The number of fused-ring (bicyclic) bond motifs is 1. The summed E-state index contributed by atoms with van der Waals surface area (Å²) in [4.78, 5) is 16.9. The van der Waals surface area contributed by atoms with E-state index in [1.165, 1.54) is 24.1 Å². The Balaban J connectivity index is 1.20. The first-order valence-electron chi connectivity index (χ1n) is 11.0. The molecule has 28 heavy (non-hydrogen) atoms. The van der Waals surface area contributed by atoms with Crippen LogP contribution in [0.3, 0.4) is 0 Å². The summed E-state index contributed by atoms with van der Waals surface area (Å²) in [5.41, 5.74) is 3.74. The number of H-pyrrole nitrogens is 1. The van der Waals surface area contributed by atoms with Crippen molar-refractivity contribution in [1.82, 2.24) is 20.0 Å². The van der Waals surface area contributed by atoms with Crippen LogP contribution in [0.5, 0.6) is 0 Å². The van der Waals surface area contributed by atoms with Gasteiger partial charge in [0, 0.05) is 51.3 Å². The minimum Gasteiger partial charge on any atom is -0.392 e. The fourth-order valence-electron chi connectivity index (χ4n) is 4.87. The molecule has 1 aromatic rings. The number of aliphatic hydroxyl groups excluding tert-OH is 1. The smallest absolute Gasteiger partial charge is 0.222 e. The van der Waals surface area contributed by atoms with E-state index in [0.29, 0.717) is 12.3 Å². The summed E-state index contributed by atoms with van der Waals surface area (Å²) in [5.74, 6) is 0.527. The number of carbonyl (C=O) groups excluding carboxylic acids is 1. The molecular formula is C21H34N4O3. The number of amides is 1. The fraction of sp³-hybridized carbons (Fsp3) is 0.810. The molecule has 2 saturated heterocycles. The zero-order chi connectivity index (χ0) is 19.3. The van der Waals surface area contributed by atoms with Crippen LogP contribution >= 0.6 is 0 Å². The topological polar surface area (TPSA) is 81.7 Å². The van der Waals surface area contributed by atoms with Gasteiger partial charge in [-0.15, -0.1) is 0 Å². The number of aryl methyl sites for hydroxylation is 2. The number of likely N-dealkylation sites (tertiary alicyclic amines) is 1. The van der Waals surface area contributed by atoms with Crippen LogP contribution in [0, 0.1) is 5.92 Å². The van der Waals surface area contributed by atoms with E-state index in [9.17, 15) is 9.90 Å². The Hall–Kier alpha value is -1.44. The van der Waals surface area contributed by atoms with E-state index >= 15 is 0 Å². The van der Waals surface area contributed by atoms with Gasteiger partial charge in [-0.25, -0.2) is 0 Å². The lowest BCUT2D eigenvalue weighted by molar-refractivity contribution is -0.133. The Bertz CT molecular complexity index is 648. The summed E-state index contributed by atoms with van der Waals surface area (Å²) >= 11 is 0. The number of hydrogen-bond donors (Lipinski definition) is 2. The van der Waals surface area contributed by atoms with Gasteiger partial charge in [0.25, 0.3) is 0 Å². The predicted molar refractivity (Wildman–Crippen MR) is 106 cm³/mol. The normalized spacial score (nSPS) is 22.8. The molecule has 3 aliphatic rings. The second-order valence-electron chi connectivity index (χ2n) is 8.53. The lowest BCUT2D eigenvalue weighted by Gasteiger charge is -2.36. The zero-order valence-corrected chi connectivity index (χ0v) is 16.9. The number of carbonyl (C=O) groups is 1. The van der Waals surface area contributed by atoms with Crippen LogP contribution in [-0.2, 0) is 28.8 Å². The maximum absolute atomic E-state index is 12.7. The number of nitrogens with one attached hydrogen (secondary N) is 1. The summed E-state index contributed by atoms with van der Waals surface area (Å²) in [6.45, 7) is 5.60. The third-order valence-corrected chi connectivity index (χ3v) is 6.70. The molecule has 0 spiro atoms. The van der Waals surface area contributed by atoms with Crippen molar-refractivity contribution in [2.24, 2.45) is 5.92 Å². The molecule has 1 amide bonds. The molecule has 156 valence electrons. The van der Waals surface area contributed by atoms with Crippen LogP contribution in [0.1, 0.15) is 49.1 Å². The summed E-state index contributed by atoms with van der Waals surface area (Å²) in [7, 11) is 0. The highest BCUT2D eigenvalue weighted by atomic mass is 16.5. The van der Waals surface area contributed by atoms with Gasteiger partial charge in [-0.3, -0.25) is 14.8 Å². The Labute approximate surface area is 167 Å². The molecule has 0 bridgehead atoms. The lowest BCUT2D eigenvalue weighted by Crippen LogP contribution is -2.46. The summed E-state index contributed by atoms with van der Waals surface area (Å²) in [5, 5.41) is 18.2. The third kappa shape index (κ3) is 4.75. The number of β-amino-alcohol motifs (C(OH)–C–C–N with tert-alkyl or cyclic N) is 1. The average molecular weight is 391 g/mol. The molecule has 1 aromatic heterocycles. The van der Waals surface area contributed by atoms with Crippen LogP contribution in [-0.4, -0.2) is 83.1 Å². The number of aliphatic hydroxyl groups is 1. The molecular weight excluding hydrogens is 356 g/mol. The van der Waals surface area contributed by atoms with Gasteiger partial charge in [-0.2, -0.15) is 5.10 Å². The number of rotatable bonds is 6. The van der Waals surface area contributed by atoms with Gasteiger partial charge in [-0.05, 0) is 50.0 Å². The zero-order valence-electron chi connectivity index (χ0n) is 16.9. The monoisotopic (exact) mass is 390 g/mol. The first-order chi connectivity index (χ1) is 13.7. The molecule has 2 aliphatic heterocycles. The molecule has 1 unspecified atom stereocenters. The molecule has 0 radical (unpaired) electrons. The maximum Gasteiger partial charge on any atom is 0.222 e. The van der Waals surface area contributed by atoms with Gasteiger partial charge in [0.05, 0.1) is 25.0 Å². The molecule has 2 N–H and O–H groups in total. The van der Waals surface area contributed by atoms with E-state index in [2.05, 4.69) is 15.1 Å². The van der Waals surface area contributed by atoms with Crippen molar-refractivity contribution in [1.29, 1.82) is 0 Å². The Morgan fingerprint density at radius 2 is 1.93 bits per heavy atom. The Morgan fingerprint density at radius 1 is 1.18 bits per heavy atom. The molecule has 2 fully saturated rings. The van der Waals surface area contributed by atoms with Gasteiger partial charge >= 0.3 is 0 Å². The second-order valence-corrected chi connectivity index (χ2v) is 8.53. The van der Waals surface area contributed by atoms with Crippen molar-refractivity contribution in [3.63, 3.8) is 0 Å². The van der Waals surface area contributed by atoms with Crippen molar-refractivity contribution in [3.05, 3.63) is 17.0 Å². The molecule has 1 aliphatic carbocycles. The molecule has 4 rings (SSSR count). The van der Waals surface area contributed by atoms with Gasteiger partial charge < -0.3 is 14.7 Å². The van der Waals surface area contributed by atoms with E-state index in [-0.39, 0.29) is 12.0 Å². The van der Waals surface area contributed by atoms with Gasteiger partial charge in [0.15, 0.2) is 0 Å². The number of aromatic amines is 1. The average Bonchev–Trinajstić information content (AvgIpc) is 3.16.